The van der Waals surface area contributed by atoms with Gasteiger partial charge in [-0.2, -0.15) is 0 Å². The van der Waals surface area contributed by atoms with Crippen molar-refractivity contribution in [2.24, 2.45) is 0 Å². The number of hydrogen-bond acceptors (Lipinski definition) is 3. The number of anilines is 1. The van der Waals surface area contributed by atoms with E-state index in [0.29, 0.717) is 35.0 Å². The lowest BCUT2D eigenvalue weighted by Crippen LogP contribution is -2.33. The summed E-state index contributed by atoms with van der Waals surface area (Å²) in [6, 6.07) is 12.3. The topological polar surface area (TPSA) is 66.7 Å². The Hall–Kier alpha value is -2.86. The van der Waals surface area contributed by atoms with E-state index >= 15 is 0 Å². The number of rotatable bonds is 7. The maximum atomic E-state index is 13.1. The zero-order chi connectivity index (χ0) is 20.1. The number of carbonyl (C=O) groups is 2. The van der Waals surface area contributed by atoms with Crippen molar-refractivity contribution in [1.29, 1.82) is 0 Å². The van der Waals surface area contributed by atoms with Crippen molar-refractivity contribution in [1.82, 2.24) is 14.3 Å². The molecule has 2 aromatic heterocycles. The summed E-state index contributed by atoms with van der Waals surface area (Å²) in [5.74, 6) is -0.402. The molecule has 2 heterocycles. The fraction of sp³-hybridized carbons (Fsp3) is 0.286. The molecule has 0 aliphatic heterocycles. The van der Waals surface area contributed by atoms with E-state index in [2.05, 4.69) is 10.3 Å². The summed E-state index contributed by atoms with van der Waals surface area (Å²) in [4.78, 5) is 32.1. The monoisotopic (exact) mass is 398 g/mol. The fourth-order valence-corrected chi connectivity index (χ4v) is 3.30. The molecular formula is C21H23ClN4O2. The molecule has 0 unspecified atom stereocenters. The Balaban J connectivity index is 1.98. The lowest BCUT2D eigenvalue weighted by atomic mass is 10.2. The molecule has 0 saturated carbocycles. The average Bonchev–Trinajstić information content (AvgIpc) is 3.07. The van der Waals surface area contributed by atoms with Gasteiger partial charge in [0.2, 0.25) is 5.82 Å². The number of nitrogens with zero attached hydrogens (tertiary/aromatic N) is 3. The lowest BCUT2D eigenvalue weighted by Gasteiger charge is -2.20. The van der Waals surface area contributed by atoms with Gasteiger partial charge in [0.1, 0.15) is 0 Å². The molecule has 2 amide bonds. The number of imidazole rings is 1. The molecule has 1 N–H and O–H groups in total. The minimum Gasteiger partial charge on any atom is -0.337 e. The van der Waals surface area contributed by atoms with Crippen LogP contribution in [-0.2, 0) is 0 Å². The van der Waals surface area contributed by atoms with Crippen LogP contribution in [0.3, 0.4) is 0 Å². The smallest absolute Gasteiger partial charge is 0.292 e. The predicted octanol–water partition coefficient (Wildman–Crippen LogP) is 4.50. The first kappa shape index (κ1) is 19.9. The maximum Gasteiger partial charge on any atom is 0.292 e. The summed E-state index contributed by atoms with van der Waals surface area (Å²) in [7, 11) is 0. The second-order valence-electron chi connectivity index (χ2n) is 6.50. The van der Waals surface area contributed by atoms with Gasteiger partial charge in [-0.3, -0.25) is 14.0 Å². The van der Waals surface area contributed by atoms with Gasteiger partial charge in [0.15, 0.2) is 5.69 Å². The minimum absolute atomic E-state index is 0.158. The van der Waals surface area contributed by atoms with Gasteiger partial charge in [-0.05, 0) is 43.2 Å². The number of hydrogen-bond donors (Lipinski definition) is 1. The van der Waals surface area contributed by atoms with Crippen molar-refractivity contribution in [2.75, 3.05) is 18.4 Å². The Morgan fingerprint density at radius 2 is 1.86 bits per heavy atom. The van der Waals surface area contributed by atoms with Gasteiger partial charge in [0.05, 0.1) is 5.52 Å². The zero-order valence-corrected chi connectivity index (χ0v) is 16.7. The van der Waals surface area contributed by atoms with Gasteiger partial charge in [0.25, 0.3) is 11.8 Å². The van der Waals surface area contributed by atoms with Gasteiger partial charge in [-0.1, -0.05) is 37.6 Å². The van der Waals surface area contributed by atoms with Crippen LogP contribution in [-0.4, -0.2) is 39.2 Å². The Morgan fingerprint density at radius 3 is 2.54 bits per heavy atom. The van der Waals surface area contributed by atoms with Gasteiger partial charge in [-0.25, -0.2) is 4.98 Å². The summed E-state index contributed by atoms with van der Waals surface area (Å²) < 4.78 is 1.64. The number of aromatic nitrogens is 2. The third-order valence-electron chi connectivity index (χ3n) is 4.31. The molecule has 0 spiro atoms. The Labute approximate surface area is 169 Å². The summed E-state index contributed by atoms with van der Waals surface area (Å²) in [6.07, 6.45) is 3.45. The lowest BCUT2D eigenvalue weighted by molar-refractivity contribution is 0.0752. The quantitative estimate of drug-likeness (QED) is 0.637. The number of pyridine rings is 1. The van der Waals surface area contributed by atoms with Crippen molar-refractivity contribution in [2.45, 2.75) is 26.7 Å². The molecule has 0 saturated heterocycles. The molecule has 0 aliphatic rings. The van der Waals surface area contributed by atoms with E-state index in [1.165, 1.54) is 0 Å². The van der Waals surface area contributed by atoms with Crippen molar-refractivity contribution in [3.63, 3.8) is 0 Å². The number of fused-ring (bicyclic) bond motifs is 1. The van der Waals surface area contributed by atoms with Crippen LogP contribution in [0.4, 0.5) is 5.69 Å². The summed E-state index contributed by atoms with van der Waals surface area (Å²) in [5, 5.41) is 3.32. The van der Waals surface area contributed by atoms with Crippen molar-refractivity contribution in [3.05, 3.63) is 65.2 Å². The molecule has 146 valence electrons. The van der Waals surface area contributed by atoms with E-state index in [1.807, 2.05) is 19.9 Å². The van der Waals surface area contributed by atoms with Crippen LogP contribution in [0.5, 0.6) is 0 Å². The molecule has 3 aromatic rings. The first-order chi connectivity index (χ1) is 13.5. The fourth-order valence-electron chi connectivity index (χ4n) is 3.11. The summed E-state index contributed by atoms with van der Waals surface area (Å²) in [6.45, 7) is 5.38. The highest BCUT2D eigenvalue weighted by Gasteiger charge is 2.24. The van der Waals surface area contributed by atoms with Crippen LogP contribution in [0.25, 0.3) is 5.52 Å². The van der Waals surface area contributed by atoms with Crippen LogP contribution in [0.15, 0.2) is 48.7 Å². The van der Waals surface area contributed by atoms with Gasteiger partial charge < -0.3 is 10.2 Å². The van der Waals surface area contributed by atoms with E-state index in [4.69, 9.17) is 11.6 Å². The second kappa shape index (κ2) is 8.89. The molecule has 6 nitrogen and oxygen atoms in total. The molecule has 0 radical (unpaired) electrons. The number of amides is 2. The Morgan fingerprint density at radius 1 is 1.11 bits per heavy atom. The maximum absolute atomic E-state index is 13.1. The van der Waals surface area contributed by atoms with Crippen molar-refractivity contribution in [3.8, 4) is 0 Å². The molecular weight excluding hydrogens is 376 g/mol. The van der Waals surface area contributed by atoms with Gasteiger partial charge in [0, 0.05) is 30.0 Å². The molecule has 1 aromatic carbocycles. The molecule has 7 heteroatoms. The van der Waals surface area contributed by atoms with Gasteiger partial charge >= 0.3 is 0 Å². The van der Waals surface area contributed by atoms with Crippen LogP contribution >= 0.6 is 11.6 Å². The first-order valence-corrected chi connectivity index (χ1v) is 9.76. The van der Waals surface area contributed by atoms with Crippen LogP contribution < -0.4 is 5.32 Å². The third-order valence-corrected chi connectivity index (χ3v) is 4.55. The number of benzene rings is 1. The highest BCUT2D eigenvalue weighted by Crippen LogP contribution is 2.19. The molecule has 0 fully saturated rings. The average molecular weight is 399 g/mol. The number of nitrogens with one attached hydrogen (secondary N) is 1. The van der Waals surface area contributed by atoms with Crippen LogP contribution in [0, 0.1) is 0 Å². The normalized spacial score (nSPS) is 10.8. The highest BCUT2D eigenvalue weighted by molar-refractivity contribution is 6.31. The number of halogens is 1. The Bertz CT molecular complexity index is 993. The minimum atomic E-state index is -0.403. The van der Waals surface area contributed by atoms with Crippen molar-refractivity contribution >= 4 is 34.6 Å². The molecule has 0 bridgehead atoms. The SMILES string of the molecule is CCCN(CCC)C(=O)c1nc(C(=O)Nc2cccc(Cl)c2)n2ccccc12. The highest BCUT2D eigenvalue weighted by atomic mass is 35.5. The van der Waals surface area contributed by atoms with E-state index in [9.17, 15) is 9.59 Å². The van der Waals surface area contributed by atoms with E-state index < -0.39 is 5.91 Å². The van der Waals surface area contributed by atoms with Crippen LogP contribution in [0.2, 0.25) is 5.02 Å². The predicted molar refractivity (Wildman–Crippen MR) is 111 cm³/mol. The molecule has 28 heavy (non-hydrogen) atoms. The summed E-state index contributed by atoms with van der Waals surface area (Å²) >= 11 is 5.99. The molecule has 3 rings (SSSR count). The molecule has 0 atom stereocenters. The number of carbonyl (C=O) groups excluding carboxylic acids is 2. The first-order valence-electron chi connectivity index (χ1n) is 9.38. The summed E-state index contributed by atoms with van der Waals surface area (Å²) in [5.41, 5.74) is 1.47. The van der Waals surface area contributed by atoms with Crippen molar-refractivity contribution < 1.29 is 9.59 Å². The second-order valence-corrected chi connectivity index (χ2v) is 6.93. The molecule has 0 aliphatic carbocycles. The Kier molecular flexibility index (Phi) is 6.31. The zero-order valence-electron chi connectivity index (χ0n) is 16.0. The van der Waals surface area contributed by atoms with Crippen LogP contribution in [0.1, 0.15) is 47.8 Å². The van der Waals surface area contributed by atoms with E-state index in [1.54, 1.807) is 51.9 Å². The van der Waals surface area contributed by atoms with E-state index in [0.717, 1.165) is 12.8 Å². The van der Waals surface area contributed by atoms with Gasteiger partial charge in [-0.15, -0.1) is 0 Å². The largest absolute Gasteiger partial charge is 0.337 e. The standard InChI is InChI=1S/C21H23ClN4O2/c1-3-11-25(12-4-2)21(28)18-17-10-5-6-13-26(17)19(24-18)20(27)23-16-9-7-8-15(22)14-16/h5-10,13-14H,3-4,11-12H2,1-2H3,(H,23,27). The third kappa shape index (κ3) is 4.17. The van der Waals surface area contributed by atoms with E-state index in [-0.39, 0.29) is 11.7 Å².